The number of aromatic nitrogens is 1. The van der Waals surface area contributed by atoms with Crippen LogP contribution in [0.25, 0.3) is 10.2 Å². The highest BCUT2D eigenvalue weighted by Gasteiger charge is 2.01. The molecule has 2 rings (SSSR count). The fourth-order valence-corrected chi connectivity index (χ4v) is 2.44. The van der Waals surface area contributed by atoms with Gasteiger partial charge in [0.2, 0.25) is 4.80 Å². The summed E-state index contributed by atoms with van der Waals surface area (Å²) in [4.78, 5) is 0.878. The third kappa shape index (κ3) is 1.63. The summed E-state index contributed by atoms with van der Waals surface area (Å²) in [5, 5.41) is 3.76. The van der Waals surface area contributed by atoms with Gasteiger partial charge in [0, 0.05) is 6.54 Å². The molecule has 0 aliphatic heterocycles. The number of aryl methyl sites for hydroxylation is 1. The minimum Gasteiger partial charge on any atom is -0.320 e. The van der Waals surface area contributed by atoms with Gasteiger partial charge in [0.15, 0.2) is 0 Å². The van der Waals surface area contributed by atoms with Gasteiger partial charge in [-0.1, -0.05) is 23.5 Å². The van der Waals surface area contributed by atoms with E-state index in [-0.39, 0.29) is 12.4 Å². The first-order valence-electron chi connectivity index (χ1n) is 4.19. The van der Waals surface area contributed by atoms with Crippen LogP contribution in [0, 0.1) is 0 Å². The van der Waals surface area contributed by atoms with Crippen LogP contribution in [-0.2, 0) is 6.54 Å². The smallest absolute Gasteiger partial charge is 0.208 e. The lowest BCUT2D eigenvalue weighted by molar-refractivity contribution is 0.756. The quantitative estimate of drug-likeness (QED) is 0.589. The molecule has 0 saturated carbocycles. The molecule has 5 heteroatoms. The van der Waals surface area contributed by atoms with Crippen molar-refractivity contribution >= 4 is 34.0 Å². The van der Waals surface area contributed by atoms with Crippen molar-refractivity contribution in [3.05, 3.63) is 29.1 Å². The topological polar surface area (TPSA) is 43.3 Å². The summed E-state index contributed by atoms with van der Waals surface area (Å²) in [7, 11) is 0. The zero-order chi connectivity index (χ0) is 9.26. The molecule has 0 fully saturated rings. The van der Waals surface area contributed by atoms with Gasteiger partial charge < -0.3 is 10.4 Å². The normalized spacial score (nSPS) is 11.6. The Labute approximate surface area is 92.3 Å². The number of nitrogens with zero attached hydrogens (tertiary/aromatic N) is 2. The molecule has 0 radical (unpaired) electrons. The number of hydrogen-bond acceptors (Lipinski definition) is 3. The van der Waals surface area contributed by atoms with Crippen molar-refractivity contribution in [2.24, 2.45) is 10.9 Å². The molecule has 0 atom stereocenters. The molecule has 1 aromatic carbocycles. The Morgan fingerprint density at radius 3 is 2.79 bits per heavy atom. The first-order valence-corrected chi connectivity index (χ1v) is 5.00. The van der Waals surface area contributed by atoms with E-state index in [4.69, 9.17) is 5.84 Å². The number of fused-ring (bicyclic) bond motifs is 1. The minimum absolute atomic E-state index is 0. The third-order valence-electron chi connectivity index (χ3n) is 2.01. The van der Waals surface area contributed by atoms with Crippen LogP contribution >= 0.6 is 23.7 Å². The molecule has 0 saturated heterocycles. The van der Waals surface area contributed by atoms with Crippen molar-refractivity contribution in [2.45, 2.75) is 13.5 Å². The first kappa shape index (κ1) is 11.1. The molecule has 0 unspecified atom stereocenters. The maximum atomic E-state index is 5.30. The van der Waals surface area contributed by atoms with Crippen LogP contribution < -0.4 is 10.6 Å². The molecular formula is C9H12ClN3S. The third-order valence-corrected chi connectivity index (χ3v) is 3.09. The van der Waals surface area contributed by atoms with E-state index in [0.29, 0.717) is 0 Å². The van der Waals surface area contributed by atoms with Crippen LogP contribution in [0.1, 0.15) is 6.92 Å². The molecule has 2 aromatic rings. The van der Waals surface area contributed by atoms with E-state index in [9.17, 15) is 0 Å². The lowest BCUT2D eigenvalue weighted by Gasteiger charge is -1.97. The average molecular weight is 230 g/mol. The molecule has 14 heavy (non-hydrogen) atoms. The molecule has 0 aliphatic rings. The first-order chi connectivity index (χ1) is 6.36. The van der Waals surface area contributed by atoms with Gasteiger partial charge in [0.1, 0.15) is 0 Å². The number of benzene rings is 1. The Balaban J connectivity index is 0.000000980. The van der Waals surface area contributed by atoms with E-state index in [1.807, 2.05) is 12.1 Å². The molecule has 1 heterocycles. The molecular weight excluding hydrogens is 218 g/mol. The number of nitrogens with two attached hydrogens (primary N) is 1. The number of para-hydroxylation sites is 1. The Bertz CT molecular complexity index is 486. The van der Waals surface area contributed by atoms with Crippen LogP contribution in [-0.4, -0.2) is 4.57 Å². The zero-order valence-corrected chi connectivity index (χ0v) is 9.44. The lowest BCUT2D eigenvalue weighted by Crippen LogP contribution is -2.15. The summed E-state index contributed by atoms with van der Waals surface area (Å²) in [6.45, 7) is 2.99. The van der Waals surface area contributed by atoms with Gasteiger partial charge in [-0.25, -0.2) is 0 Å². The summed E-state index contributed by atoms with van der Waals surface area (Å²) in [6.07, 6.45) is 0. The van der Waals surface area contributed by atoms with Crippen LogP contribution in [0.3, 0.4) is 0 Å². The summed E-state index contributed by atoms with van der Waals surface area (Å²) in [5.74, 6) is 5.30. The number of rotatable bonds is 1. The Hall–Kier alpha value is -1.00. The summed E-state index contributed by atoms with van der Waals surface area (Å²) >= 11 is 1.62. The average Bonchev–Trinajstić information content (AvgIpc) is 2.55. The Morgan fingerprint density at radius 2 is 2.14 bits per heavy atom. The van der Waals surface area contributed by atoms with Gasteiger partial charge in [-0.2, -0.15) is 5.10 Å². The molecule has 0 bridgehead atoms. The molecule has 2 N–H and O–H groups in total. The van der Waals surface area contributed by atoms with Gasteiger partial charge in [-0.15, -0.1) is 12.4 Å². The van der Waals surface area contributed by atoms with Crippen molar-refractivity contribution in [3.8, 4) is 0 Å². The van der Waals surface area contributed by atoms with Crippen LogP contribution in [0.5, 0.6) is 0 Å². The molecule has 0 spiro atoms. The van der Waals surface area contributed by atoms with E-state index >= 15 is 0 Å². The highest BCUT2D eigenvalue weighted by Crippen LogP contribution is 2.15. The fourth-order valence-electron chi connectivity index (χ4n) is 1.42. The van der Waals surface area contributed by atoms with Crippen molar-refractivity contribution in [1.82, 2.24) is 4.57 Å². The van der Waals surface area contributed by atoms with E-state index in [1.165, 1.54) is 10.2 Å². The van der Waals surface area contributed by atoms with Gasteiger partial charge in [-0.05, 0) is 19.1 Å². The SMILES string of the molecule is CCn1c(=NN)sc2ccccc21.Cl. The predicted octanol–water partition coefficient (Wildman–Crippen LogP) is 1.92. The van der Waals surface area contributed by atoms with Crippen LogP contribution in [0.4, 0.5) is 0 Å². The minimum atomic E-state index is 0. The van der Waals surface area contributed by atoms with Crippen LogP contribution in [0.2, 0.25) is 0 Å². The van der Waals surface area contributed by atoms with E-state index in [1.54, 1.807) is 11.3 Å². The monoisotopic (exact) mass is 229 g/mol. The van der Waals surface area contributed by atoms with Crippen molar-refractivity contribution in [2.75, 3.05) is 0 Å². The highest BCUT2D eigenvalue weighted by atomic mass is 35.5. The van der Waals surface area contributed by atoms with Crippen molar-refractivity contribution < 1.29 is 0 Å². The molecule has 76 valence electrons. The second-order valence-corrected chi connectivity index (χ2v) is 3.73. The van der Waals surface area contributed by atoms with Gasteiger partial charge in [-0.3, -0.25) is 0 Å². The van der Waals surface area contributed by atoms with Gasteiger partial charge >= 0.3 is 0 Å². The standard InChI is InChI=1S/C9H11N3S.ClH/c1-2-12-7-5-3-4-6-8(7)13-9(12)11-10;/h3-6H,2,10H2,1H3;1H. The summed E-state index contributed by atoms with van der Waals surface area (Å²) < 4.78 is 3.34. The van der Waals surface area contributed by atoms with E-state index in [2.05, 4.69) is 28.7 Å². The molecule has 0 amide bonds. The van der Waals surface area contributed by atoms with Crippen LogP contribution in [0.15, 0.2) is 29.4 Å². The maximum Gasteiger partial charge on any atom is 0.208 e. The Kier molecular flexibility index (Phi) is 3.55. The number of thiazole rings is 1. The second-order valence-electron chi connectivity index (χ2n) is 2.73. The van der Waals surface area contributed by atoms with E-state index < -0.39 is 0 Å². The second kappa shape index (κ2) is 4.48. The summed E-state index contributed by atoms with van der Waals surface area (Å²) in [6, 6.07) is 8.23. The fraction of sp³-hybridized carbons (Fsp3) is 0.222. The molecule has 3 nitrogen and oxygen atoms in total. The predicted molar refractivity (Wildman–Crippen MR) is 62.5 cm³/mol. The van der Waals surface area contributed by atoms with Crippen molar-refractivity contribution in [3.63, 3.8) is 0 Å². The maximum absolute atomic E-state index is 5.30. The summed E-state index contributed by atoms with van der Waals surface area (Å²) in [5.41, 5.74) is 1.21. The zero-order valence-electron chi connectivity index (χ0n) is 7.80. The number of hydrogen-bond donors (Lipinski definition) is 1. The van der Waals surface area contributed by atoms with E-state index in [0.717, 1.165) is 11.3 Å². The highest BCUT2D eigenvalue weighted by molar-refractivity contribution is 7.16. The number of halogens is 1. The lowest BCUT2D eigenvalue weighted by atomic mass is 10.3. The van der Waals surface area contributed by atoms with Crippen molar-refractivity contribution in [1.29, 1.82) is 0 Å². The van der Waals surface area contributed by atoms with Gasteiger partial charge in [0.05, 0.1) is 10.2 Å². The molecule has 1 aromatic heterocycles. The largest absolute Gasteiger partial charge is 0.320 e. The molecule has 0 aliphatic carbocycles. The Morgan fingerprint density at radius 1 is 1.43 bits per heavy atom. The van der Waals surface area contributed by atoms with Gasteiger partial charge in [0.25, 0.3) is 0 Å².